The first-order valence-electron chi connectivity index (χ1n) is 9.21. The van der Waals surface area contributed by atoms with E-state index in [-0.39, 0.29) is 30.3 Å². The number of imide groups is 1. The van der Waals surface area contributed by atoms with Crippen molar-refractivity contribution in [3.63, 3.8) is 0 Å². The maximum absolute atomic E-state index is 14.5. The number of halogens is 7. The van der Waals surface area contributed by atoms with Gasteiger partial charge in [0.05, 0.1) is 5.69 Å². The molecule has 3 amide bonds. The summed E-state index contributed by atoms with van der Waals surface area (Å²) < 4.78 is 93.3. The molecule has 0 N–H and O–H groups in total. The summed E-state index contributed by atoms with van der Waals surface area (Å²) >= 11 is 0. The lowest BCUT2D eigenvalue weighted by Gasteiger charge is -2.37. The number of rotatable bonds is 4. The monoisotopic (exact) mass is 463 g/mol. The zero-order valence-electron chi connectivity index (χ0n) is 16.5. The first-order chi connectivity index (χ1) is 14.8. The van der Waals surface area contributed by atoms with Crippen LogP contribution in [0.5, 0.6) is 0 Å². The Morgan fingerprint density at radius 3 is 2.25 bits per heavy atom. The third-order valence-corrected chi connectivity index (χ3v) is 5.03. The first-order valence-corrected chi connectivity index (χ1v) is 9.21. The smallest absolute Gasteiger partial charge is 0.319 e. The van der Waals surface area contributed by atoms with Gasteiger partial charge in [0.25, 0.3) is 0 Å². The van der Waals surface area contributed by atoms with E-state index in [1.807, 2.05) is 0 Å². The SMILES string of the molecule is CC(=O)N1C(=O)N(CCc2cccnc2)Cc2cc(C(F)(C(F)(F)F)C(F)(F)F)ccc21. The van der Waals surface area contributed by atoms with Crippen LogP contribution < -0.4 is 4.90 Å². The lowest BCUT2D eigenvalue weighted by Crippen LogP contribution is -2.51. The number of pyridine rings is 1. The lowest BCUT2D eigenvalue weighted by atomic mass is 9.91. The summed E-state index contributed by atoms with van der Waals surface area (Å²) in [6.45, 7) is 0.611. The van der Waals surface area contributed by atoms with Gasteiger partial charge < -0.3 is 4.90 Å². The standard InChI is InChI=1S/C20H16F7N3O2/c1-12(31)30-16-5-4-15(18(21,19(22,23)24)20(25,26)27)9-14(16)11-29(17(30)32)8-6-13-3-2-7-28-10-13/h2-5,7,9-10H,6,8,11H2,1H3. The fourth-order valence-electron chi connectivity index (χ4n) is 3.44. The van der Waals surface area contributed by atoms with Gasteiger partial charge >= 0.3 is 24.1 Å². The normalized spacial score (nSPS) is 15.1. The number of hydrogen-bond acceptors (Lipinski definition) is 3. The van der Waals surface area contributed by atoms with Gasteiger partial charge in [0.2, 0.25) is 5.91 Å². The summed E-state index contributed by atoms with van der Waals surface area (Å²) in [6, 6.07) is 3.96. The van der Waals surface area contributed by atoms with E-state index in [0.29, 0.717) is 22.6 Å². The van der Waals surface area contributed by atoms with Gasteiger partial charge in [0.1, 0.15) is 0 Å². The zero-order valence-corrected chi connectivity index (χ0v) is 16.5. The van der Waals surface area contributed by atoms with Gasteiger partial charge in [0.15, 0.2) is 0 Å². The van der Waals surface area contributed by atoms with Crippen LogP contribution in [-0.2, 0) is 23.4 Å². The second-order valence-electron chi connectivity index (χ2n) is 7.17. The summed E-state index contributed by atoms with van der Waals surface area (Å²) in [7, 11) is 0. The Morgan fingerprint density at radius 2 is 1.72 bits per heavy atom. The summed E-state index contributed by atoms with van der Waals surface area (Å²) in [6.07, 6.45) is -9.24. The average molecular weight is 463 g/mol. The maximum atomic E-state index is 14.5. The quantitative estimate of drug-likeness (QED) is 0.606. The maximum Gasteiger partial charge on any atom is 0.435 e. The Labute approximate surface area is 177 Å². The van der Waals surface area contributed by atoms with E-state index >= 15 is 0 Å². The molecule has 5 nitrogen and oxygen atoms in total. The van der Waals surface area contributed by atoms with Crippen LogP contribution in [0.1, 0.15) is 23.6 Å². The fourth-order valence-corrected chi connectivity index (χ4v) is 3.44. The van der Waals surface area contributed by atoms with E-state index in [1.165, 1.54) is 12.4 Å². The van der Waals surface area contributed by atoms with Crippen molar-refractivity contribution in [2.24, 2.45) is 0 Å². The molecule has 32 heavy (non-hydrogen) atoms. The van der Waals surface area contributed by atoms with Crippen molar-refractivity contribution in [2.45, 2.75) is 37.9 Å². The number of fused-ring (bicyclic) bond motifs is 1. The van der Waals surface area contributed by atoms with Crippen LogP contribution in [0.15, 0.2) is 42.7 Å². The molecule has 2 heterocycles. The highest BCUT2D eigenvalue weighted by Crippen LogP contribution is 2.53. The number of aromatic nitrogens is 1. The molecular weight excluding hydrogens is 447 g/mol. The van der Waals surface area contributed by atoms with Gasteiger partial charge in [-0.1, -0.05) is 12.1 Å². The predicted molar refractivity (Wildman–Crippen MR) is 98.2 cm³/mol. The van der Waals surface area contributed by atoms with Crippen molar-refractivity contribution in [1.29, 1.82) is 0 Å². The Hall–Kier alpha value is -3.18. The van der Waals surface area contributed by atoms with E-state index in [1.54, 1.807) is 12.1 Å². The summed E-state index contributed by atoms with van der Waals surface area (Å²) in [5.41, 5.74) is -7.00. The van der Waals surface area contributed by atoms with E-state index in [2.05, 4.69) is 4.98 Å². The number of carbonyl (C=O) groups is 2. The largest absolute Gasteiger partial charge is 0.435 e. The molecule has 0 spiro atoms. The lowest BCUT2D eigenvalue weighted by molar-refractivity contribution is -0.348. The van der Waals surface area contributed by atoms with Crippen LogP contribution in [0.2, 0.25) is 0 Å². The van der Waals surface area contributed by atoms with E-state index in [4.69, 9.17) is 0 Å². The number of carbonyl (C=O) groups excluding carboxylic acids is 2. The molecule has 1 aromatic heterocycles. The van der Waals surface area contributed by atoms with Crippen molar-refractivity contribution < 1.29 is 40.3 Å². The third kappa shape index (κ3) is 4.00. The fraction of sp³-hybridized carbons (Fsp3) is 0.350. The number of benzene rings is 1. The molecule has 0 saturated carbocycles. The Balaban J connectivity index is 2.02. The Bertz CT molecular complexity index is 1010. The molecule has 0 fully saturated rings. The second-order valence-corrected chi connectivity index (χ2v) is 7.17. The molecule has 1 aliphatic rings. The number of nitrogens with zero attached hydrogens (tertiary/aromatic N) is 3. The molecule has 1 aliphatic heterocycles. The summed E-state index contributed by atoms with van der Waals surface area (Å²) in [4.78, 5) is 30.4. The number of hydrogen-bond donors (Lipinski definition) is 0. The van der Waals surface area contributed by atoms with Gasteiger partial charge in [0, 0.05) is 38.0 Å². The molecule has 0 saturated heterocycles. The van der Waals surface area contributed by atoms with Crippen molar-refractivity contribution >= 4 is 17.6 Å². The molecule has 12 heteroatoms. The highest BCUT2D eigenvalue weighted by atomic mass is 19.4. The van der Waals surface area contributed by atoms with E-state index < -0.39 is 42.1 Å². The molecule has 0 bridgehead atoms. The van der Waals surface area contributed by atoms with Gasteiger partial charge in [-0.05, 0) is 35.7 Å². The van der Waals surface area contributed by atoms with Gasteiger partial charge in [-0.2, -0.15) is 26.3 Å². The van der Waals surface area contributed by atoms with E-state index in [9.17, 15) is 40.3 Å². The molecule has 0 aliphatic carbocycles. The zero-order chi connectivity index (χ0) is 23.9. The number of amides is 3. The molecule has 0 radical (unpaired) electrons. The van der Waals surface area contributed by atoms with Crippen LogP contribution in [0.3, 0.4) is 0 Å². The molecule has 0 unspecified atom stereocenters. The number of alkyl halides is 7. The van der Waals surface area contributed by atoms with Gasteiger partial charge in [-0.3, -0.25) is 9.78 Å². The summed E-state index contributed by atoms with van der Waals surface area (Å²) in [5, 5.41) is 0. The molecular formula is C20H16F7N3O2. The minimum Gasteiger partial charge on any atom is -0.319 e. The predicted octanol–water partition coefficient (Wildman–Crippen LogP) is 4.90. The Morgan fingerprint density at radius 1 is 1.06 bits per heavy atom. The highest BCUT2D eigenvalue weighted by Gasteiger charge is 2.73. The van der Waals surface area contributed by atoms with Crippen LogP contribution in [0, 0.1) is 0 Å². The number of anilines is 1. The highest BCUT2D eigenvalue weighted by molar-refractivity contribution is 6.14. The molecule has 3 rings (SSSR count). The molecule has 2 aromatic rings. The van der Waals surface area contributed by atoms with Crippen molar-refractivity contribution in [2.75, 3.05) is 11.4 Å². The third-order valence-electron chi connectivity index (χ3n) is 5.03. The van der Waals surface area contributed by atoms with E-state index in [0.717, 1.165) is 11.8 Å². The van der Waals surface area contributed by atoms with Crippen LogP contribution in [0.4, 0.5) is 41.2 Å². The molecule has 172 valence electrons. The minimum atomic E-state index is -6.27. The second kappa shape index (κ2) is 8.06. The first kappa shape index (κ1) is 23.5. The van der Waals surface area contributed by atoms with Crippen LogP contribution in [-0.4, -0.2) is 40.7 Å². The van der Waals surface area contributed by atoms with Gasteiger partial charge in [-0.15, -0.1) is 0 Å². The topological polar surface area (TPSA) is 53.5 Å². The van der Waals surface area contributed by atoms with Crippen molar-refractivity contribution in [3.8, 4) is 0 Å². The van der Waals surface area contributed by atoms with Crippen LogP contribution >= 0.6 is 0 Å². The van der Waals surface area contributed by atoms with Gasteiger partial charge in [-0.25, -0.2) is 14.1 Å². The number of urea groups is 1. The molecule has 0 atom stereocenters. The van der Waals surface area contributed by atoms with Crippen molar-refractivity contribution in [1.82, 2.24) is 9.88 Å². The molecule has 1 aromatic carbocycles. The average Bonchev–Trinajstić information content (AvgIpc) is 2.70. The van der Waals surface area contributed by atoms with Crippen molar-refractivity contribution in [3.05, 3.63) is 59.4 Å². The minimum absolute atomic E-state index is 0.00269. The van der Waals surface area contributed by atoms with Crippen LogP contribution in [0.25, 0.3) is 0 Å². The summed E-state index contributed by atoms with van der Waals surface area (Å²) in [5.74, 6) is -0.798. The Kier molecular flexibility index (Phi) is 5.92.